The van der Waals surface area contributed by atoms with Crippen molar-refractivity contribution < 1.29 is 9.90 Å². The van der Waals surface area contributed by atoms with E-state index in [2.05, 4.69) is 10.6 Å². The number of aliphatic hydroxyl groups is 1. The monoisotopic (exact) mass is 239 g/mol. The fourth-order valence-corrected chi connectivity index (χ4v) is 2.31. The van der Waals surface area contributed by atoms with Gasteiger partial charge < -0.3 is 15.7 Å². The molecule has 0 bridgehead atoms. The number of hydrogen-bond donors (Lipinski definition) is 3. The number of nitrogens with zero attached hydrogens (tertiary/aromatic N) is 1. The van der Waals surface area contributed by atoms with Gasteiger partial charge in [-0.15, -0.1) is 0 Å². The lowest BCUT2D eigenvalue weighted by molar-refractivity contribution is -0.120. The maximum Gasteiger partial charge on any atom is 0.233 e. The van der Waals surface area contributed by atoms with Crippen LogP contribution in [0.3, 0.4) is 0 Å². The minimum absolute atomic E-state index is 0.0706. The highest BCUT2D eigenvalue weighted by atomic mass is 16.3. The maximum absolute atomic E-state index is 11.3. The number of rotatable bonds is 7. The molecule has 1 aliphatic carbocycles. The van der Waals surface area contributed by atoms with Crippen LogP contribution in [0.25, 0.3) is 0 Å². The second-order valence-corrected chi connectivity index (χ2v) is 4.52. The van der Waals surface area contributed by atoms with Gasteiger partial charge in [-0.2, -0.15) is 5.26 Å². The fourth-order valence-electron chi connectivity index (χ4n) is 2.31. The standard InChI is InChI=1S/C12H21N3O2/c13-5-2-6-15-12(17)8-14-7-10-3-1-4-11(10)9-16/h10-11,14,16H,1-4,6-9H2,(H,15,17). The van der Waals surface area contributed by atoms with E-state index in [1.165, 1.54) is 6.42 Å². The summed E-state index contributed by atoms with van der Waals surface area (Å²) in [4.78, 5) is 11.3. The van der Waals surface area contributed by atoms with Gasteiger partial charge >= 0.3 is 0 Å². The van der Waals surface area contributed by atoms with Crippen LogP contribution in [0.1, 0.15) is 25.7 Å². The van der Waals surface area contributed by atoms with E-state index in [-0.39, 0.29) is 12.5 Å². The molecule has 2 unspecified atom stereocenters. The summed E-state index contributed by atoms with van der Waals surface area (Å²) in [5, 5.41) is 23.2. The molecule has 2 atom stereocenters. The summed E-state index contributed by atoms with van der Waals surface area (Å²) >= 11 is 0. The van der Waals surface area contributed by atoms with E-state index in [1.54, 1.807) is 0 Å². The first-order chi connectivity index (χ1) is 8.27. The van der Waals surface area contributed by atoms with Gasteiger partial charge in [0.05, 0.1) is 19.0 Å². The summed E-state index contributed by atoms with van der Waals surface area (Å²) in [5.74, 6) is 0.815. The predicted octanol–water partition coefficient (Wildman–Crippen LogP) is 0.0145. The molecule has 17 heavy (non-hydrogen) atoms. The number of amides is 1. The molecule has 0 aromatic rings. The van der Waals surface area contributed by atoms with Crippen molar-refractivity contribution in [1.82, 2.24) is 10.6 Å². The van der Waals surface area contributed by atoms with E-state index in [9.17, 15) is 4.79 Å². The normalized spacial score (nSPS) is 23.3. The molecule has 0 heterocycles. The third-order valence-corrected chi connectivity index (χ3v) is 3.30. The zero-order valence-electron chi connectivity index (χ0n) is 10.1. The van der Waals surface area contributed by atoms with Gasteiger partial charge in [-0.05, 0) is 31.2 Å². The average molecular weight is 239 g/mol. The third kappa shape index (κ3) is 5.16. The van der Waals surface area contributed by atoms with Gasteiger partial charge in [0.25, 0.3) is 0 Å². The SMILES string of the molecule is N#CCCNC(=O)CNCC1CCCC1CO. The molecular formula is C12H21N3O2. The highest BCUT2D eigenvalue weighted by Gasteiger charge is 2.25. The smallest absolute Gasteiger partial charge is 0.233 e. The fraction of sp³-hybridized carbons (Fsp3) is 0.833. The number of nitriles is 1. The quantitative estimate of drug-likeness (QED) is 0.547. The Morgan fingerprint density at radius 2 is 2.18 bits per heavy atom. The minimum atomic E-state index is -0.0706. The van der Waals surface area contributed by atoms with E-state index < -0.39 is 0 Å². The minimum Gasteiger partial charge on any atom is -0.396 e. The first-order valence-corrected chi connectivity index (χ1v) is 6.23. The Hall–Kier alpha value is -1.12. The van der Waals surface area contributed by atoms with Crippen molar-refractivity contribution in [3.05, 3.63) is 0 Å². The Morgan fingerprint density at radius 3 is 2.88 bits per heavy atom. The van der Waals surface area contributed by atoms with Crippen molar-refractivity contribution in [2.45, 2.75) is 25.7 Å². The number of nitrogens with one attached hydrogen (secondary N) is 2. The lowest BCUT2D eigenvalue weighted by atomic mass is 9.97. The molecule has 1 fully saturated rings. The molecule has 1 amide bonds. The molecule has 1 saturated carbocycles. The van der Waals surface area contributed by atoms with E-state index in [1.807, 2.05) is 6.07 Å². The van der Waals surface area contributed by atoms with Gasteiger partial charge in [-0.3, -0.25) is 4.79 Å². The van der Waals surface area contributed by atoms with Crippen molar-refractivity contribution in [3.63, 3.8) is 0 Å². The van der Waals surface area contributed by atoms with Crippen LogP contribution in [0.15, 0.2) is 0 Å². The molecule has 1 aliphatic rings. The zero-order valence-corrected chi connectivity index (χ0v) is 10.1. The maximum atomic E-state index is 11.3. The average Bonchev–Trinajstić information content (AvgIpc) is 2.77. The molecule has 5 nitrogen and oxygen atoms in total. The Balaban J connectivity index is 2.07. The molecule has 0 spiro atoms. The van der Waals surface area contributed by atoms with Gasteiger partial charge in [-0.1, -0.05) is 6.42 Å². The van der Waals surface area contributed by atoms with Crippen LogP contribution in [0.5, 0.6) is 0 Å². The number of carbonyl (C=O) groups excluding carboxylic acids is 1. The van der Waals surface area contributed by atoms with E-state index in [0.29, 0.717) is 31.3 Å². The van der Waals surface area contributed by atoms with Crippen LogP contribution in [0.4, 0.5) is 0 Å². The first-order valence-electron chi connectivity index (χ1n) is 6.23. The molecule has 0 saturated heterocycles. The third-order valence-electron chi connectivity index (χ3n) is 3.30. The van der Waals surface area contributed by atoms with Crippen molar-refractivity contribution in [2.24, 2.45) is 11.8 Å². The van der Waals surface area contributed by atoms with Gasteiger partial charge in [0.1, 0.15) is 0 Å². The Morgan fingerprint density at radius 1 is 1.41 bits per heavy atom. The highest BCUT2D eigenvalue weighted by Crippen LogP contribution is 2.30. The molecule has 0 aromatic heterocycles. The van der Waals surface area contributed by atoms with Crippen molar-refractivity contribution in [3.8, 4) is 6.07 Å². The molecule has 0 aliphatic heterocycles. The van der Waals surface area contributed by atoms with Crippen molar-refractivity contribution in [1.29, 1.82) is 5.26 Å². The Kier molecular flexibility index (Phi) is 6.60. The lowest BCUT2D eigenvalue weighted by Gasteiger charge is -2.17. The van der Waals surface area contributed by atoms with Gasteiger partial charge in [-0.25, -0.2) is 0 Å². The van der Waals surface area contributed by atoms with Gasteiger partial charge in [0, 0.05) is 13.2 Å². The van der Waals surface area contributed by atoms with E-state index in [4.69, 9.17) is 10.4 Å². The Labute approximate surface area is 102 Å². The number of aliphatic hydroxyl groups excluding tert-OH is 1. The number of carbonyl (C=O) groups is 1. The van der Waals surface area contributed by atoms with Crippen LogP contribution in [0.2, 0.25) is 0 Å². The summed E-state index contributed by atoms with van der Waals surface area (Å²) in [6.45, 7) is 1.75. The van der Waals surface area contributed by atoms with Gasteiger partial charge in [0.15, 0.2) is 0 Å². The number of hydrogen-bond acceptors (Lipinski definition) is 4. The molecular weight excluding hydrogens is 218 g/mol. The second kappa shape index (κ2) is 8.04. The lowest BCUT2D eigenvalue weighted by Crippen LogP contribution is -2.37. The molecule has 0 radical (unpaired) electrons. The van der Waals surface area contributed by atoms with Crippen LogP contribution in [-0.4, -0.2) is 37.3 Å². The summed E-state index contributed by atoms with van der Waals surface area (Å²) in [5.41, 5.74) is 0. The van der Waals surface area contributed by atoms with Crippen LogP contribution < -0.4 is 10.6 Å². The zero-order chi connectivity index (χ0) is 12.5. The van der Waals surface area contributed by atoms with Crippen molar-refractivity contribution >= 4 is 5.91 Å². The molecule has 1 rings (SSSR count). The second-order valence-electron chi connectivity index (χ2n) is 4.52. The van der Waals surface area contributed by atoms with E-state index >= 15 is 0 Å². The highest BCUT2D eigenvalue weighted by molar-refractivity contribution is 5.77. The van der Waals surface area contributed by atoms with E-state index in [0.717, 1.165) is 19.4 Å². The predicted molar refractivity (Wildman–Crippen MR) is 64.0 cm³/mol. The molecule has 96 valence electrons. The summed E-state index contributed by atoms with van der Waals surface area (Å²) in [6, 6.07) is 1.97. The van der Waals surface area contributed by atoms with Crippen LogP contribution in [-0.2, 0) is 4.79 Å². The molecule has 0 aromatic carbocycles. The first kappa shape index (κ1) is 13.9. The summed E-state index contributed by atoms with van der Waals surface area (Å²) < 4.78 is 0. The van der Waals surface area contributed by atoms with Crippen molar-refractivity contribution in [2.75, 3.05) is 26.2 Å². The van der Waals surface area contributed by atoms with Gasteiger partial charge in [0.2, 0.25) is 5.91 Å². The summed E-state index contributed by atoms with van der Waals surface area (Å²) in [7, 11) is 0. The summed E-state index contributed by atoms with van der Waals surface area (Å²) in [6.07, 6.45) is 3.75. The molecule has 3 N–H and O–H groups in total. The van der Waals surface area contributed by atoms with Crippen LogP contribution >= 0.6 is 0 Å². The Bertz CT molecular complexity index is 275. The van der Waals surface area contributed by atoms with Crippen LogP contribution in [0, 0.1) is 23.2 Å². The topological polar surface area (TPSA) is 85.2 Å². The molecule has 5 heteroatoms. The largest absolute Gasteiger partial charge is 0.396 e.